The Labute approximate surface area is 214 Å². The number of amides is 2. The highest BCUT2D eigenvalue weighted by Crippen LogP contribution is 2.55. The molecule has 0 bridgehead atoms. The van der Waals surface area contributed by atoms with E-state index in [-0.39, 0.29) is 46.9 Å². The Hall–Kier alpha value is -3.17. The summed E-state index contributed by atoms with van der Waals surface area (Å²) in [5.74, 6) is -0.524. The number of nitrogens with one attached hydrogen (secondary N) is 2. The van der Waals surface area contributed by atoms with Crippen LogP contribution < -0.4 is 10.6 Å². The zero-order chi connectivity index (χ0) is 25.9. The minimum Gasteiger partial charge on any atom is -0.392 e. The van der Waals surface area contributed by atoms with Crippen LogP contribution in [-0.4, -0.2) is 29.1 Å². The van der Waals surface area contributed by atoms with Gasteiger partial charge in [0.25, 0.3) is 5.91 Å². The fourth-order valence-corrected chi connectivity index (χ4v) is 6.59. The number of benzene rings is 2. The number of rotatable bonds is 6. The van der Waals surface area contributed by atoms with Crippen molar-refractivity contribution in [3.63, 3.8) is 0 Å². The van der Waals surface area contributed by atoms with E-state index in [9.17, 15) is 14.7 Å². The molecule has 2 saturated carbocycles. The maximum atomic E-state index is 13.0. The molecule has 2 aliphatic carbocycles. The molecular formula is C30H37N3O3. The molecule has 190 valence electrons. The second-order valence-corrected chi connectivity index (χ2v) is 11.0. The summed E-state index contributed by atoms with van der Waals surface area (Å²) in [7, 11) is 0. The molecule has 2 aromatic carbocycles. The Morgan fingerprint density at radius 3 is 2.44 bits per heavy atom. The zero-order valence-electron chi connectivity index (χ0n) is 21.4. The second-order valence-electron chi connectivity index (χ2n) is 11.0. The van der Waals surface area contributed by atoms with Gasteiger partial charge < -0.3 is 15.7 Å². The number of carbonyl (C=O) groups is 2. The van der Waals surface area contributed by atoms with E-state index in [0.29, 0.717) is 17.7 Å². The lowest BCUT2D eigenvalue weighted by atomic mass is 9.51. The van der Waals surface area contributed by atoms with Gasteiger partial charge in [-0.2, -0.15) is 5.26 Å². The van der Waals surface area contributed by atoms with Gasteiger partial charge in [0.15, 0.2) is 0 Å². The van der Waals surface area contributed by atoms with Crippen molar-refractivity contribution >= 4 is 11.8 Å². The number of aliphatic hydroxyl groups excluding tert-OH is 1. The molecule has 6 nitrogen and oxygen atoms in total. The third-order valence-corrected chi connectivity index (χ3v) is 8.85. The molecule has 0 spiro atoms. The van der Waals surface area contributed by atoms with Gasteiger partial charge in [-0.15, -0.1) is 0 Å². The van der Waals surface area contributed by atoms with Gasteiger partial charge in [-0.05, 0) is 78.7 Å². The van der Waals surface area contributed by atoms with Crippen molar-refractivity contribution in [1.29, 1.82) is 5.26 Å². The Morgan fingerprint density at radius 2 is 1.78 bits per heavy atom. The summed E-state index contributed by atoms with van der Waals surface area (Å²) in [6.07, 6.45) is 2.98. The predicted molar refractivity (Wildman–Crippen MR) is 139 cm³/mol. The summed E-state index contributed by atoms with van der Waals surface area (Å²) < 4.78 is 0. The largest absolute Gasteiger partial charge is 0.392 e. The Balaban J connectivity index is 1.42. The van der Waals surface area contributed by atoms with Crippen LogP contribution in [0.5, 0.6) is 0 Å². The molecule has 0 radical (unpaired) electrons. The minimum atomic E-state index is -0.606. The average Bonchev–Trinajstić information content (AvgIpc) is 2.89. The van der Waals surface area contributed by atoms with Crippen LogP contribution in [0.3, 0.4) is 0 Å². The summed E-state index contributed by atoms with van der Waals surface area (Å²) in [5, 5.41) is 26.8. The lowest BCUT2D eigenvalue weighted by Crippen LogP contribution is -2.58. The first-order valence-electron chi connectivity index (χ1n) is 13.0. The lowest BCUT2D eigenvalue weighted by molar-refractivity contribution is -0.142. The highest BCUT2D eigenvalue weighted by Gasteiger charge is 2.53. The van der Waals surface area contributed by atoms with E-state index in [1.165, 1.54) is 0 Å². The van der Waals surface area contributed by atoms with Crippen LogP contribution >= 0.6 is 0 Å². The monoisotopic (exact) mass is 487 g/mol. The van der Waals surface area contributed by atoms with Crippen LogP contribution in [0.4, 0.5) is 0 Å². The molecule has 4 rings (SSSR count). The molecular weight excluding hydrogens is 450 g/mol. The number of fused-ring (bicyclic) bond motifs is 1. The van der Waals surface area contributed by atoms with Crippen molar-refractivity contribution < 1.29 is 14.7 Å². The second kappa shape index (κ2) is 10.8. The molecule has 0 aromatic heterocycles. The molecule has 0 aliphatic heterocycles. The number of carbonyl (C=O) groups excluding carboxylic acids is 2. The summed E-state index contributed by atoms with van der Waals surface area (Å²) in [6.45, 7) is 6.78. The number of hydrogen-bond donors (Lipinski definition) is 3. The summed E-state index contributed by atoms with van der Waals surface area (Å²) in [5.41, 5.74) is 2.09. The van der Waals surface area contributed by atoms with Gasteiger partial charge in [0, 0.05) is 24.1 Å². The number of hydrogen-bond acceptors (Lipinski definition) is 4. The quantitative estimate of drug-likeness (QED) is 0.561. The molecule has 0 unspecified atom stereocenters. The van der Waals surface area contributed by atoms with E-state index in [1.54, 1.807) is 24.3 Å². The molecule has 0 heterocycles. The first-order chi connectivity index (χ1) is 17.2. The predicted octanol–water partition coefficient (Wildman–Crippen LogP) is 4.43. The van der Waals surface area contributed by atoms with E-state index in [4.69, 9.17) is 5.26 Å². The van der Waals surface area contributed by atoms with Crippen molar-refractivity contribution in [2.45, 2.75) is 65.1 Å². The van der Waals surface area contributed by atoms with Gasteiger partial charge in [0.1, 0.15) is 0 Å². The third kappa shape index (κ3) is 5.32. The molecule has 2 aromatic rings. The lowest BCUT2D eigenvalue weighted by Gasteiger charge is -2.56. The van der Waals surface area contributed by atoms with Crippen LogP contribution in [0.2, 0.25) is 0 Å². The fourth-order valence-electron chi connectivity index (χ4n) is 6.59. The van der Waals surface area contributed by atoms with Crippen LogP contribution in [0.15, 0.2) is 54.6 Å². The van der Waals surface area contributed by atoms with Crippen molar-refractivity contribution in [3.05, 3.63) is 71.3 Å². The third-order valence-electron chi connectivity index (χ3n) is 8.85. The Morgan fingerprint density at radius 1 is 1.11 bits per heavy atom. The first-order valence-corrected chi connectivity index (χ1v) is 13.0. The van der Waals surface area contributed by atoms with Gasteiger partial charge in [-0.25, -0.2) is 0 Å². The molecule has 7 atom stereocenters. The highest BCUT2D eigenvalue weighted by atomic mass is 16.3. The molecule has 36 heavy (non-hydrogen) atoms. The highest BCUT2D eigenvalue weighted by molar-refractivity contribution is 5.94. The maximum absolute atomic E-state index is 13.0. The smallest absolute Gasteiger partial charge is 0.251 e. The van der Waals surface area contributed by atoms with Gasteiger partial charge in [-0.3, -0.25) is 9.59 Å². The zero-order valence-corrected chi connectivity index (χ0v) is 21.4. The van der Waals surface area contributed by atoms with Crippen molar-refractivity contribution in [3.8, 4) is 6.07 Å². The van der Waals surface area contributed by atoms with E-state index in [2.05, 4.69) is 30.6 Å². The van der Waals surface area contributed by atoms with Crippen molar-refractivity contribution in [1.82, 2.24) is 10.6 Å². The SMILES string of the molecule is C[C@H]1[C@@H]2[C@@H](O)[C@H]([C@H](C)C(=O)NCc3ccccc3)CC[C@@]2(C)CC[C@@H]1NC(=O)c1ccc(C#N)cc1. The standard InChI is InChI=1S/C30H37N3O3/c1-19(28(35)32-18-22-7-5-4-6-8-22)24-13-15-30(3)16-14-25(20(2)26(30)27(24)34)33-29(36)23-11-9-21(17-31)10-12-23/h4-12,19-20,24-27,34H,13-16,18H2,1-3H3,(H,32,35)(H,33,36)/t19-,20+,24-,25-,26+,27-,30-/m0/s1. The van der Waals surface area contributed by atoms with Crippen LogP contribution in [0.1, 0.15) is 67.9 Å². The summed E-state index contributed by atoms with van der Waals surface area (Å²) >= 11 is 0. The molecule has 6 heteroatoms. The molecule has 0 saturated heterocycles. The van der Waals surface area contributed by atoms with Crippen molar-refractivity contribution in [2.75, 3.05) is 0 Å². The van der Waals surface area contributed by atoms with Gasteiger partial charge in [0.05, 0.1) is 17.7 Å². The fraction of sp³-hybridized carbons (Fsp3) is 0.500. The van der Waals surface area contributed by atoms with Gasteiger partial charge in [-0.1, -0.05) is 51.1 Å². The van der Waals surface area contributed by atoms with Crippen LogP contribution in [-0.2, 0) is 11.3 Å². The number of nitrogens with zero attached hydrogens (tertiary/aromatic N) is 1. The van der Waals surface area contributed by atoms with E-state index < -0.39 is 6.10 Å². The Bertz CT molecular complexity index is 1110. The summed E-state index contributed by atoms with van der Waals surface area (Å²) in [4.78, 5) is 25.9. The normalized spacial score (nSPS) is 30.4. The first kappa shape index (κ1) is 25.9. The minimum absolute atomic E-state index is 0.000591. The van der Waals surface area contributed by atoms with Crippen LogP contribution in [0.25, 0.3) is 0 Å². The van der Waals surface area contributed by atoms with Gasteiger partial charge >= 0.3 is 0 Å². The maximum Gasteiger partial charge on any atom is 0.251 e. The van der Waals surface area contributed by atoms with E-state index in [1.807, 2.05) is 37.3 Å². The van der Waals surface area contributed by atoms with E-state index in [0.717, 1.165) is 31.2 Å². The van der Waals surface area contributed by atoms with Crippen molar-refractivity contribution in [2.24, 2.45) is 29.1 Å². The van der Waals surface area contributed by atoms with Crippen LogP contribution in [0, 0.1) is 40.4 Å². The molecule has 2 fully saturated rings. The average molecular weight is 488 g/mol. The van der Waals surface area contributed by atoms with Gasteiger partial charge in [0.2, 0.25) is 5.91 Å². The summed E-state index contributed by atoms with van der Waals surface area (Å²) in [6, 6.07) is 18.5. The molecule has 2 amide bonds. The topological polar surface area (TPSA) is 102 Å². The number of aliphatic hydroxyl groups is 1. The van der Waals surface area contributed by atoms with E-state index >= 15 is 0 Å². The molecule has 2 aliphatic rings. The number of nitriles is 1. The molecule has 3 N–H and O–H groups in total. The Kier molecular flexibility index (Phi) is 7.80.